The van der Waals surface area contributed by atoms with E-state index < -0.39 is 11.6 Å². The van der Waals surface area contributed by atoms with Gasteiger partial charge in [0.15, 0.2) is 11.6 Å². The Hall–Kier alpha value is -1.49. The lowest BCUT2D eigenvalue weighted by molar-refractivity contribution is -0.133. The van der Waals surface area contributed by atoms with E-state index in [0.717, 1.165) is 18.9 Å². The van der Waals surface area contributed by atoms with E-state index in [9.17, 15) is 13.6 Å². The van der Waals surface area contributed by atoms with Crippen LogP contribution in [0.25, 0.3) is 0 Å². The van der Waals surface area contributed by atoms with E-state index in [1.807, 2.05) is 0 Å². The maximum atomic E-state index is 13.7. The molecular formula is C15H17F2NO2. The monoisotopic (exact) mass is 281 g/mol. The second-order valence-corrected chi connectivity index (χ2v) is 5.58. The zero-order chi connectivity index (χ0) is 14.3. The average molecular weight is 281 g/mol. The number of aliphatic hydroxyl groups is 1. The first-order valence-electron chi connectivity index (χ1n) is 6.98. The zero-order valence-corrected chi connectivity index (χ0v) is 11.1. The van der Waals surface area contributed by atoms with Crippen LogP contribution in [0.1, 0.15) is 30.7 Å². The number of hydrogen-bond donors (Lipinski definition) is 1. The van der Waals surface area contributed by atoms with Gasteiger partial charge in [-0.25, -0.2) is 8.78 Å². The van der Waals surface area contributed by atoms with Gasteiger partial charge in [0.2, 0.25) is 5.91 Å². The minimum atomic E-state index is -0.866. The van der Waals surface area contributed by atoms with Gasteiger partial charge in [0, 0.05) is 18.5 Å². The van der Waals surface area contributed by atoms with E-state index in [2.05, 4.69) is 0 Å². The standard InChI is InChI=1S/C15H17F2NO2/c16-13-3-1-2-10(14(13)17)11-8-12(11)15(20)18(6-7-19)9-4-5-9/h1-3,9,11-12,19H,4-8H2/t11-,12-/m1/s1. The minimum absolute atomic E-state index is 0.0322. The summed E-state index contributed by atoms with van der Waals surface area (Å²) in [6, 6.07) is 4.33. The maximum Gasteiger partial charge on any atom is 0.226 e. The molecule has 0 spiro atoms. The zero-order valence-electron chi connectivity index (χ0n) is 11.1. The first kappa shape index (κ1) is 13.5. The van der Waals surface area contributed by atoms with Gasteiger partial charge in [-0.15, -0.1) is 0 Å². The highest BCUT2D eigenvalue weighted by Crippen LogP contribution is 2.50. The van der Waals surface area contributed by atoms with Gasteiger partial charge in [-0.2, -0.15) is 0 Å². The Balaban J connectivity index is 1.71. The van der Waals surface area contributed by atoms with Crippen molar-refractivity contribution in [1.29, 1.82) is 0 Å². The Bertz CT molecular complexity index is 531. The maximum absolute atomic E-state index is 13.7. The van der Waals surface area contributed by atoms with Crippen molar-refractivity contribution in [2.45, 2.75) is 31.2 Å². The van der Waals surface area contributed by atoms with Crippen LogP contribution < -0.4 is 0 Å². The number of hydrogen-bond acceptors (Lipinski definition) is 2. The fraction of sp³-hybridized carbons (Fsp3) is 0.533. The summed E-state index contributed by atoms with van der Waals surface area (Å²) >= 11 is 0. The summed E-state index contributed by atoms with van der Waals surface area (Å²) in [5.74, 6) is -2.23. The molecule has 1 aromatic carbocycles. The van der Waals surface area contributed by atoms with Crippen LogP contribution in [0.3, 0.4) is 0 Å². The van der Waals surface area contributed by atoms with Crippen molar-refractivity contribution in [1.82, 2.24) is 4.90 Å². The molecule has 3 nitrogen and oxygen atoms in total. The third-order valence-electron chi connectivity index (χ3n) is 4.10. The average Bonchev–Trinajstić information content (AvgIpc) is 3.30. The summed E-state index contributed by atoms with van der Waals surface area (Å²) in [4.78, 5) is 14.1. The smallest absolute Gasteiger partial charge is 0.226 e. The highest BCUT2D eigenvalue weighted by atomic mass is 19.2. The molecule has 2 atom stereocenters. The molecule has 0 saturated heterocycles. The lowest BCUT2D eigenvalue weighted by Gasteiger charge is -2.21. The Kier molecular flexibility index (Phi) is 3.46. The Morgan fingerprint density at radius 1 is 1.35 bits per heavy atom. The molecular weight excluding hydrogens is 264 g/mol. The topological polar surface area (TPSA) is 40.5 Å². The molecule has 108 valence electrons. The van der Waals surface area contributed by atoms with E-state index in [-0.39, 0.29) is 30.4 Å². The Morgan fingerprint density at radius 2 is 2.10 bits per heavy atom. The predicted octanol–water partition coefficient (Wildman–Crippen LogP) is 2.05. The number of rotatable bonds is 5. The van der Waals surface area contributed by atoms with Gasteiger partial charge in [0.05, 0.1) is 6.61 Å². The first-order valence-corrected chi connectivity index (χ1v) is 6.98. The van der Waals surface area contributed by atoms with E-state index >= 15 is 0 Å². The fourth-order valence-corrected chi connectivity index (χ4v) is 2.80. The number of amides is 1. The van der Waals surface area contributed by atoms with Gasteiger partial charge in [-0.1, -0.05) is 12.1 Å². The van der Waals surface area contributed by atoms with Gasteiger partial charge < -0.3 is 10.0 Å². The molecule has 0 aliphatic heterocycles. The van der Waals surface area contributed by atoms with Crippen molar-refractivity contribution in [2.24, 2.45) is 5.92 Å². The molecule has 5 heteroatoms. The number of benzene rings is 1. The van der Waals surface area contributed by atoms with Crippen LogP contribution in [0, 0.1) is 17.6 Å². The quantitative estimate of drug-likeness (QED) is 0.897. The van der Waals surface area contributed by atoms with Crippen LogP contribution in [-0.4, -0.2) is 35.1 Å². The van der Waals surface area contributed by atoms with Gasteiger partial charge in [-0.3, -0.25) is 4.79 Å². The largest absolute Gasteiger partial charge is 0.395 e. The van der Waals surface area contributed by atoms with Crippen LogP contribution >= 0.6 is 0 Å². The van der Waals surface area contributed by atoms with Crippen molar-refractivity contribution in [3.8, 4) is 0 Å². The molecule has 0 aromatic heterocycles. The normalized spacial score (nSPS) is 24.6. The SMILES string of the molecule is O=C([C@@H]1C[C@@H]1c1cccc(F)c1F)N(CCO)C1CC1. The number of aliphatic hydroxyl groups excluding tert-OH is 1. The molecule has 1 aromatic rings. The van der Waals surface area contributed by atoms with E-state index in [4.69, 9.17) is 5.11 Å². The number of halogens is 2. The van der Waals surface area contributed by atoms with Crippen molar-refractivity contribution in [3.05, 3.63) is 35.4 Å². The highest BCUT2D eigenvalue weighted by Gasteiger charge is 2.49. The number of nitrogens with zero attached hydrogens (tertiary/aromatic N) is 1. The second kappa shape index (κ2) is 5.13. The van der Waals surface area contributed by atoms with E-state index in [1.165, 1.54) is 6.07 Å². The van der Waals surface area contributed by atoms with E-state index in [1.54, 1.807) is 11.0 Å². The van der Waals surface area contributed by atoms with Gasteiger partial charge in [0.1, 0.15) is 0 Å². The van der Waals surface area contributed by atoms with Gasteiger partial charge >= 0.3 is 0 Å². The molecule has 2 aliphatic rings. The van der Waals surface area contributed by atoms with Gasteiger partial charge in [0.25, 0.3) is 0 Å². The molecule has 3 rings (SSSR count). The van der Waals surface area contributed by atoms with Crippen LogP contribution in [0.15, 0.2) is 18.2 Å². The van der Waals surface area contributed by atoms with Gasteiger partial charge in [-0.05, 0) is 36.8 Å². The molecule has 0 bridgehead atoms. The molecule has 1 amide bonds. The summed E-state index contributed by atoms with van der Waals surface area (Å²) < 4.78 is 26.9. The molecule has 0 heterocycles. The Labute approximate surface area is 116 Å². The molecule has 2 aliphatic carbocycles. The molecule has 20 heavy (non-hydrogen) atoms. The van der Waals surface area contributed by atoms with Crippen LogP contribution in [0.4, 0.5) is 8.78 Å². The van der Waals surface area contributed by atoms with Crippen molar-refractivity contribution < 1.29 is 18.7 Å². The molecule has 0 radical (unpaired) electrons. The summed E-state index contributed by atoms with van der Waals surface area (Å²) in [5.41, 5.74) is 0.295. The predicted molar refractivity (Wildman–Crippen MR) is 69.0 cm³/mol. The molecule has 0 unspecified atom stereocenters. The summed E-state index contributed by atoms with van der Waals surface area (Å²) in [6.45, 7) is 0.270. The lowest BCUT2D eigenvalue weighted by atomic mass is 10.1. The number of carbonyl (C=O) groups excluding carboxylic acids is 1. The van der Waals surface area contributed by atoms with Crippen LogP contribution in [0.2, 0.25) is 0 Å². The minimum Gasteiger partial charge on any atom is -0.395 e. The van der Waals surface area contributed by atoms with Crippen molar-refractivity contribution in [2.75, 3.05) is 13.2 Å². The van der Waals surface area contributed by atoms with E-state index in [0.29, 0.717) is 18.5 Å². The third kappa shape index (κ3) is 2.42. The number of carbonyl (C=O) groups is 1. The van der Waals surface area contributed by atoms with Crippen molar-refractivity contribution >= 4 is 5.91 Å². The van der Waals surface area contributed by atoms with Crippen molar-refractivity contribution in [3.63, 3.8) is 0 Å². The molecule has 2 saturated carbocycles. The summed E-state index contributed by atoms with van der Waals surface area (Å²) in [5, 5.41) is 9.02. The lowest BCUT2D eigenvalue weighted by Crippen LogP contribution is -2.36. The molecule has 2 fully saturated rings. The second-order valence-electron chi connectivity index (χ2n) is 5.58. The summed E-state index contributed by atoms with van der Waals surface area (Å²) in [6.07, 6.45) is 2.50. The first-order chi connectivity index (χ1) is 9.63. The van der Waals surface area contributed by atoms with Crippen LogP contribution in [0.5, 0.6) is 0 Å². The fourth-order valence-electron chi connectivity index (χ4n) is 2.80. The van der Waals surface area contributed by atoms with Crippen LogP contribution in [-0.2, 0) is 4.79 Å². The Morgan fingerprint density at radius 3 is 2.75 bits per heavy atom. The molecule has 1 N–H and O–H groups in total. The highest BCUT2D eigenvalue weighted by molar-refractivity contribution is 5.83. The third-order valence-corrected chi connectivity index (χ3v) is 4.10. The summed E-state index contributed by atoms with van der Waals surface area (Å²) in [7, 11) is 0.